The van der Waals surface area contributed by atoms with Gasteiger partial charge in [0.1, 0.15) is 5.60 Å². The maximum atomic E-state index is 12.1. The summed E-state index contributed by atoms with van der Waals surface area (Å²) in [6.07, 6.45) is 1.77. The number of nitrogens with one attached hydrogen (secondary N) is 1. The van der Waals surface area contributed by atoms with E-state index in [-0.39, 0.29) is 18.1 Å². The summed E-state index contributed by atoms with van der Waals surface area (Å²) in [5, 5.41) is 14.0. The molecule has 2 rings (SSSR count). The number of likely N-dealkylation sites (tertiary alicyclic amines) is 1. The predicted octanol–water partition coefficient (Wildman–Crippen LogP) is 1.36. The molecule has 0 aromatic carbocycles. The molecule has 0 saturated carbocycles. The van der Waals surface area contributed by atoms with Gasteiger partial charge >= 0.3 is 6.09 Å². The molecule has 2 N–H and O–H groups in total. The van der Waals surface area contributed by atoms with E-state index in [2.05, 4.69) is 5.32 Å². The molecule has 0 aliphatic carbocycles. The minimum Gasteiger partial charge on any atom is -0.444 e. The minimum atomic E-state index is -0.840. The topological polar surface area (TPSA) is 61.8 Å². The van der Waals surface area contributed by atoms with Crippen LogP contribution in [-0.2, 0) is 4.74 Å². The minimum absolute atomic E-state index is 0.171. The van der Waals surface area contributed by atoms with Crippen LogP contribution in [0.15, 0.2) is 0 Å². The van der Waals surface area contributed by atoms with Gasteiger partial charge in [-0.3, -0.25) is 0 Å². The molecule has 0 aromatic heterocycles. The Balaban J connectivity index is 2.06. The van der Waals surface area contributed by atoms with Gasteiger partial charge in [0.15, 0.2) is 0 Å². The van der Waals surface area contributed by atoms with Crippen LogP contribution in [0.2, 0.25) is 0 Å². The van der Waals surface area contributed by atoms with Crippen molar-refractivity contribution in [2.24, 2.45) is 5.92 Å². The zero-order valence-electron chi connectivity index (χ0n) is 12.4. The van der Waals surface area contributed by atoms with Gasteiger partial charge in [0.2, 0.25) is 0 Å². The summed E-state index contributed by atoms with van der Waals surface area (Å²) >= 11 is 0. The van der Waals surface area contributed by atoms with Gasteiger partial charge in [-0.2, -0.15) is 0 Å². The Morgan fingerprint density at radius 2 is 2.16 bits per heavy atom. The van der Waals surface area contributed by atoms with E-state index in [0.717, 1.165) is 19.4 Å². The monoisotopic (exact) mass is 270 g/mol. The van der Waals surface area contributed by atoms with Crippen molar-refractivity contribution in [3.63, 3.8) is 0 Å². The largest absolute Gasteiger partial charge is 0.444 e. The Labute approximate surface area is 115 Å². The standard InChI is InChI=1S/C14H26N2O3/c1-13(2,3)19-12(17)16-8-11-10(6-5-7-15-11)14(4,18)9-16/h10-11,15,18H,5-9H2,1-4H3. The first-order chi connectivity index (χ1) is 8.69. The third kappa shape index (κ3) is 3.39. The molecule has 110 valence electrons. The SMILES string of the molecule is CC(C)(C)OC(=O)N1CC2NCCCC2C(C)(O)C1. The molecular formula is C14H26N2O3. The number of hydrogen-bond donors (Lipinski definition) is 2. The van der Waals surface area contributed by atoms with Crippen LogP contribution in [0.3, 0.4) is 0 Å². The lowest BCUT2D eigenvalue weighted by molar-refractivity contribution is -0.0900. The van der Waals surface area contributed by atoms with Gasteiger partial charge in [-0.15, -0.1) is 0 Å². The number of nitrogens with zero attached hydrogens (tertiary/aromatic N) is 1. The average Bonchev–Trinajstić information content (AvgIpc) is 2.25. The van der Waals surface area contributed by atoms with Gasteiger partial charge in [-0.1, -0.05) is 0 Å². The number of hydrogen-bond acceptors (Lipinski definition) is 4. The van der Waals surface area contributed by atoms with Crippen molar-refractivity contribution in [1.82, 2.24) is 10.2 Å². The highest BCUT2D eigenvalue weighted by molar-refractivity contribution is 5.68. The third-order valence-electron chi connectivity index (χ3n) is 3.96. The summed E-state index contributed by atoms with van der Waals surface area (Å²) in [7, 11) is 0. The van der Waals surface area contributed by atoms with E-state index in [0.29, 0.717) is 13.1 Å². The molecule has 3 atom stereocenters. The van der Waals surface area contributed by atoms with Crippen LogP contribution < -0.4 is 5.32 Å². The fraction of sp³-hybridized carbons (Fsp3) is 0.929. The van der Waals surface area contributed by atoms with Gasteiger partial charge in [0, 0.05) is 18.5 Å². The van der Waals surface area contributed by atoms with Crippen molar-refractivity contribution in [3.05, 3.63) is 0 Å². The van der Waals surface area contributed by atoms with Gasteiger partial charge in [-0.05, 0) is 47.1 Å². The van der Waals surface area contributed by atoms with Crippen LogP contribution in [0.4, 0.5) is 4.79 Å². The molecule has 3 unspecified atom stereocenters. The molecule has 2 aliphatic heterocycles. The van der Waals surface area contributed by atoms with E-state index >= 15 is 0 Å². The second kappa shape index (κ2) is 4.94. The van der Waals surface area contributed by atoms with Crippen molar-refractivity contribution in [2.75, 3.05) is 19.6 Å². The number of aliphatic hydroxyl groups is 1. The normalized spacial score (nSPS) is 35.7. The molecule has 2 saturated heterocycles. The molecule has 19 heavy (non-hydrogen) atoms. The highest BCUT2D eigenvalue weighted by atomic mass is 16.6. The molecule has 0 radical (unpaired) electrons. The van der Waals surface area contributed by atoms with Crippen LogP contribution in [0.25, 0.3) is 0 Å². The van der Waals surface area contributed by atoms with Crippen molar-refractivity contribution < 1.29 is 14.6 Å². The Kier molecular flexibility index (Phi) is 3.80. The molecule has 5 nitrogen and oxygen atoms in total. The van der Waals surface area contributed by atoms with Crippen molar-refractivity contribution >= 4 is 6.09 Å². The average molecular weight is 270 g/mol. The van der Waals surface area contributed by atoms with E-state index in [1.54, 1.807) is 4.90 Å². The quantitative estimate of drug-likeness (QED) is 0.697. The second-order valence-corrected chi connectivity index (χ2v) is 7.03. The summed E-state index contributed by atoms with van der Waals surface area (Å²) in [4.78, 5) is 13.8. The maximum absolute atomic E-state index is 12.1. The predicted molar refractivity (Wildman–Crippen MR) is 72.9 cm³/mol. The Bertz CT molecular complexity index is 349. The molecule has 0 aromatic rings. The van der Waals surface area contributed by atoms with Crippen LogP contribution in [0.1, 0.15) is 40.5 Å². The molecule has 2 aliphatic rings. The Morgan fingerprint density at radius 3 is 2.79 bits per heavy atom. The van der Waals surface area contributed by atoms with Gasteiger partial charge in [0.05, 0.1) is 12.1 Å². The molecule has 2 fully saturated rings. The van der Waals surface area contributed by atoms with E-state index < -0.39 is 11.2 Å². The Hall–Kier alpha value is -0.810. The summed E-state index contributed by atoms with van der Waals surface area (Å²) in [6.45, 7) is 9.33. The lowest BCUT2D eigenvalue weighted by Gasteiger charge is -2.49. The fourth-order valence-electron chi connectivity index (χ4n) is 3.16. The summed E-state index contributed by atoms with van der Waals surface area (Å²) < 4.78 is 5.40. The number of amides is 1. The van der Waals surface area contributed by atoms with E-state index in [9.17, 15) is 9.90 Å². The smallest absolute Gasteiger partial charge is 0.410 e. The first-order valence-electron chi connectivity index (χ1n) is 7.13. The van der Waals surface area contributed by atoms with Crippen LogP contribution >= 0.6 is 0 Å². The van der Waals surface area contributed by atoms with Gasteiger partial charge in [0.25, 0.3) is 0 Å². The second-order valence-electron chi connectivity index (χ2n) is 7.03. The molecule has 0 spiro atoms. The Morgan fingerprint density at radius 1 is 1.47 bits per heavy atom. The highest BCUT2D eigenvalue weighted by Gasteiger charge is 2.46. The summed E-state index contributed by atoms with van der Waals surface area (Å²) in [5.74, 6) is 0.222. The number of carbonyl (C=O) groups excluding carboxylic acids is 1. The molecule has 2 heterocycles. The zero-order valence-corrected chi connectivity index (χ0v) is 12.4. The van der Waals surface area contributed by atoms with Crippen LogP contribution in [-0.4, -0.2) is 53.0 Å². The highest BCUT2D eigenvalue weighted by Crippen LogP contribution is 2.33. The number of β-amino-alcohol motifs (C(OH)–C–C–N with tert-alkyl or cyclic N) is 1. The first kappa shape index (κ1) is 14.6. The maximum Gasteiger partial charge on any atom is 0.410 e. The number of ether oxygens (including phenoxy) is 1. The number of rotatable bonds is 0. The third-order valence-corrected chi connectivity index (χ3v) is 3.96. The molecule has 1 amide bonds. The van der Waals surface area contributed by atoms with E-state index in [1.807, 2.05) is 27.7 Å². The van der Waals surface area contributed by atoms with E-state index in [1.165, 1.54) is 0 Å². The summed E-state index contributed by atoms with van der Waals surface area (Å²) in [6, 6.07) is 0.171. The van der Waals surface area contributed by atoms with Gasteiger partial charge in [-0.25, -0.2) is 4.79 Å². The molecular weight excluding hydrogens is 244 g/mol. The molecule has 5 heteroatoms. The van der Waals surface area contributed by atoms with Crippen molar-refractivity contribution in [2.45, 2.75) is 57.8 Å². The van der Waals surface area contributed by atoms with Crippen molar-refractivity contribution in [3.8, 4) is 0 Å². The van der Waals surface area contributed by atoms with Gasteiger partial charge < -0.3 is 20.1 Å². The number of fused-ring (bicyclic) bond motifs is 1. The number of carbonyl (C=O) groups is 1. The lowest BCUT2D eigenvalue weighted by Crippen LogP contribution is -2.65. The molecule has 0 bridgehead atoms. The first-order valence-corrected chi connectivity index (χ1v) is 7.13. The van der Waals surface area contributed by atoms with Crippen molar-refractivity contribution in [1.29, 1.82) is 0 Å². The van der Waals surface area contributed by atoms with E-state index in [4.69, 9.17) is 4.74 Å². The summed E-state index contributed by atoms with van der Waals surface area (Å²) in [5.41, 5.74) is -1.34. The zero-order chi connectivity index (χ0) is 14.3. The van der Waals surface area contributed by atoms with Crippen LogP contribution in [0.5, 0.6) is 0 Å². The van der Waals surface area contributed by atoms with Crippen LogP contribution in [0, 0.1) is 5.92 Å². The lowest BCUT2D eigenvalue weighted by atomic mass is 9.75. The fourth-order valence-corrected chi connectivity index (χ4v) is 3.16. The number of piperidine rings is 2.